The monoisotopic (exact) mass is 475 g/mol. The minimum absolute atomic E-state index is 0.0140. The topological polar surface area (TPSA) is 70.7 Å². The molecule has 34 heavy (non-hydrogen) atoms. The number of hydrogen-bond donors (Lipinski definition) is 2. The molecule has 0 saturated carbocycles. The van der Waals surface area contributed by atoms with Crippen LogP contribution < -0.4 is 15.4 Å². The summed E-state index contributed by atoms with van der Waals surface area (Å²) in [4.78, 5) is 26.7. The Hall–Kier alpha value is -3.71. The first-order valence-electron chi connectivity index (χ1n) is 11.3. The maximum absolute atomic E-state index is 12.5. The second-order valence-electron chi connectivity index (χ2n) is 7.57. The second kappa shape index (κ2) is 12.5. The van der Waals surface area contributed by atoms with Gasteiger partial charge in [0.05, 0.1) is 6.61 Å². The van der Waals surface area contributed by atoms with E-state index in [1.807, 2.05) is 32.0 Å². The van der Waals surface area contributed by atoms with Crippen LogP contribution in [0.4, 0.5) is 5.69 Å². The van der Waals surface area contributed by atoms with E-state index in [9.17, 15) is 9.59 Å². The average Bonchev–Trinajstić information content (AvgIpc) is 2.86. The molecule has 0 bridgehead atoms. The highest BCUT2D eigenvalue weighted by molar-refractivity contribution is 7.80. The SMILES string of the molecule is CCN(CC)C(=O)c1ccc(NC(=S)NC(=O)c2ccc(OCCc3ccccc3)cc2)cc1. The van der Waals surface area contributed by atoms with Gasteiger partial charge in [0.25, 0.3) is 11.8 Å². The molecule has 0 heterocycles. The molecule has 0 aliphatic rings. The van der Waals surface area contributed by atoms with Crippen LogP contribution in [0.1, 0.15) is 40.1 Å². The number of carbonyl (C=O) groups is 2. The lowest BCUT2D eigenvalue weighted by Gasteiger charge is -2.18. The zero-order chi connectivity index (χ0) is 24.3. The van der Waals surface area contributed by atoms with Crippen LogP contribution in [0.3, 0.4) is 0 Å². The highest BCUT2D eigenvalue weighted by atomic mass is 32.1. The van der Waals surface area contributed by atoms with Gasteiger partial charge >= 0.3 is 0 Å². The quantitative estimate of drug-likeness (QED) is 0.430. The number of benzene rings is 3. The maximum atomic E-state index is 12.5. The molecule has 0 aromatic heterocycles. The van der Waals surface area contributed by atoms with Gasteiger partial charge in [0.2, 0.25) is 0 Å². The molecule has 3 aromatic rings. The van der Waals surface area contributed by atoms with Crippen molar-refractivity contribution in [2.75, 3.05) is 25.0 Å². The lowest BCUT2D eigenvalue weighted by Crippen LogP contribution is -2.34. The Bertz CT molecular complexity index is 1100. The van der Waals surface area contributed by atoms with Crippen molar-refractivity contribution in [2.24, 2.45) is 0 Å². The maximum Gasteiger partial charge on any atom is 0.257 e. The van der Waals surface area contributed by atoms with E-state index in [0.29, 0.717) is 42.3 Å². The van der Waals surface area contributed by atoms with Gasteiger partial charge < -0.3 is 15.0 Å². The lowest BCUT2D eigenvalue weighted by molar-refractivity contribution is 0.0772. The predicted molar refractivity (Wildman–Crippen MR) is 139 cm³/mol. The van der Waals surface area contributed by atoms with Crippen molar-refractivity contribution in [2.45, 2.75) is 20.3 Å². The summed E-state index contributed by atoms with van der Waals surface area (Å²) in [7, 11) is 0. The summed E-state index contributed by atoms with van der Waals surface area (Å²) in [6, 6.07) is 24.1. The Morgan fingerprint density at radius 2 is 1.47 bits per heavy atom. The minimum Gasteiger partial charge on any atom is -0.493 e. The molecule has 0 spiro atoms. The first kappa shape index (κ1) is 24.9. The Morgan fingerprint density at radius 1 is 0.853 bits per heavy atom. The van der Waals surface area contributed by atoms with Crippen molar-refractivity contribution >= 4 is 34.8 Å². The van der Waals surface area contributed by atoms with Crippen LogP contribution >= 0.6 is 12.2 Å². The molecule has 0 aliphatic heterocycles. The highest BCUT2D eigenvalue weighted by Gasteiger charge is 2.13. The van der Waals surface area contributed by atoms with Crippen LogP contribution in [0, 0.1) is 0 Å². The molecule has 2 amide bonds. The number of thiocarbonyl (C=S) groups is 1. The fourth-order valence-corrected chi connectivity index (χ4v) is 3.57. The van der Waals surface area contributed by atoms with Crippen LogP contribution in [-0.2, 0) is 6.42 Å². The third-order valence-electron chi connectivity index (χ3n) is 5.29. The van der Waals surface area contributed by atoms with Crippen molar-refractivity contribution in [3.05, 3.63) is 95.6 Å². The molecular formula is C27H29N3O3S. The highest BCUT2D eigenvalue weighted by Crippen LogP contribution is 2.14. The van der Waals surface area contributed by atoms with Crippen molar-refractivity contribution in [1.82, 2.24) is 10.2 Å². The van der Waals surface area contributed by atoms with Crippen molar-refractivity contribution in [3.8, 4) is 5.75 Å². The summed E-state index contributed by atoms with van der Waals surface area (Å²) in [6.45, 7) is 5.78. The van der Waals surface area contributed by atoms with Crippen LogP contribution in [0.2, 0.25) is 0 Å². The number of anilines is 1. The number of nitrogens with zero attached hydrogens (tertiary/aromatic N) is 1. The smallest absolute Gasteiger partial charge is 0.257 e. The van der Waals surface area contributed by atoms with Crippen LogP contribution in [0.5, 0.6) is 5.75 Å². The van der Waals surface area contributed by atoms with Crippen LogP contribution in [0.25, 0.3) is 0 Å². The third kappa shape index (κ3) is 7.15. The van der Waals surface area contributed by atoms with Gasteiger partial charge in [-0.3, -0.25) is 14.9 Å². The number of hydrogen-bond acceptors (Lipinski definition) is 4. The molecule has 0 radical (unpaired) electrons. The first-order chi connectivity index (χ1) is 16.5. The fourth-order valence-electron chi connectivity index (χ4n) is 3.36. The Morgan fingerprint density at radius 3 is 2.09 bits per heavy atom. The van der Waals surface area contributed by atoms with Crippen molar-refractivity contribution < 1.29 is 14.3 Å². The van der Waals surface area contributed by atoms with E-state index in [1.165, 1.54) is 5.56 Å². The van der Waals surface area contributed by atoms with E-state index >= 15 is 0 Å². The molecule has 3 rings (SSSR count). The normalized spacial score (nSPS) is 10.3. The van der Waals surface area contributed by atoms with Gasteiger partial charge in [-0.15, -0.1) is 0 Å². The summed E-state index contributed by atoms with van der Waals surface area (Å²) >= 11 is 5.26. The van der Waals surface area contributed by atoms with E-state index in [1.54, 1.807) is 53.4 Å². The predicted octanol–water partition coefficient (Wildman–Crippen LogP) is 4.92. The van der Waals surface area contributed by atoms with E-state index in [-0.39, 0.29) is 16.9 Å². The summed E-state index contributed by atoms with van der Waals surface area (Å²) in [5.41, 5.74) is 2.98. The van der Waals surface area contributed by atoms with Gasteiger partial charge in [-0.25, -0.2) is 0 Å². The van der Waals surface area contributed by atoms with Crippen molar-refractivity contribution in [3.63, 3.8) is 0 Å². The molecular weight excluding hydrogens is 446 g/mol. The van der Waals surface area contributed by atoms with Crippen molar-refractivity contribution in [1.29, 1.82) is 0 Å². The van der Waals surface area contributed by atoms with Gasteiger partial charge in [-0.05, 0) is 80.2 Å². The molecule has 7 heteroatoms. The Balaban J connectivity index is 1.47. The standard InChI is InChI=1S/C27H29N3O3S/c1-3-30(4-2)26(32)22-10-14-23(15-11-22)28-27(34)29-25(31)21-12-16-24(17-13-21)33-19-18-20-8-6-5-7-9-20/h5-17H,3-4,18-19H2,1-2H3,(H2,28,29,31,34). The molecule has 0 unspecified atom stereocenters. The van der Waals surface area contributed by atoms with Gasteiger partial charge in [0, 0.05) is 36.3 Å². The first-order valence-corrected chi connectivity index (χ1v) is 11.7. The molecule has 6 nitrogen and oxygen atoms in total. The summed E-state index contributed by atoms with van der Waals surface area (Å²) in [6.07, 6.45) is 0.813. The second-order valence-corrected chi connectivity index (χ2v) is 7.98. The van der Waals surface area contributed by atoms with Gasteiger partial charge in [0.15, 0.2) is 5.11 Å². The number of carbonyl (C=O) groups excluding carboxylic acids is 2. The summed E-state index contributed by atoms with van der Waals surface area (Å²) < 4.78 is 5.76. The molecule has 0 saturated heterocycles. The molecule has 176 valence electrons. The van der Waals surface area contributed by atoms with Gasteiger partial charge in [-0.2, -0.15) is 0 Å². The van der Waals surface area contributed by atoms with Crippen LogP contribution in [-0.4, -0.2) is 41.5 Å². The van der Waals surface area contributed by atoms with Gasteiger partial charge in [-0.1, -0.05) is 30.3 Å². The molecule has 0 aliphatic carbocycles. The average molecular weight is 476 g/mol. The zero-order valence-corrected chi connectivity index (χ0v) is 20.2. The minimum atomic E-state index is -0.318. The van der Waals surface area contributed by atoms with Gasteiger partial charge in [0.1, 0.15) is 5.75 Å². The summed E-state index contributed by atoms with van der Waals surface area (Å²) in [5.74, 6) is 0.370. The lowest BCUT2D eigenvalue weighted by atomic mass is 10.1. The Kier molecular flexibility index (Phi) is 9.17. The molecule has 3 aromatic carbocycles. The van der Waals surface area contributed by atoms with E-state index in [4.69, 9.17) is 17.0 Å². The molecule has 2 N–H and O–H groups in total. The number of rotatable bonds is 9. The largest absolute Gasteiger partial charge is 0.493 e. The Labute approximate surface area is 205 Å². The molecule has 0 atom stereocenters. The third-order valence-corrected chi connectivity index (χ3v) is 5.49. The fraction of sp³-hybridized carbons (Fsp3) is 0.222. The number of nitrogens with one attached hydrogen (secondary N) is 2. The molecule has 0 fully saturated rings. The number of amides is 2. The van der Waals surface area contributed by atoms with E-state index in [2.05, 4.69) is 22.8 Å². The van der Waals surface area contributed by atoms with E-state index in [0.717, 1.165) is 6.42 Å². The summed E-state index contributed by atoms with van der Waals surface area (Å²) in [5, 5.41) is 5.82. The van der Waals surface area contributed by atoms with E-state index < -0.39 is 0 Å². The van der Waals surface area contributed by atoms with Crippen LogP contribution in [0.15, 0.2) is 78.9 Å². The zero-order valence-electron chi connectivity index (χ0n) is 19.4. The number of ether oxygens (including phenoxy) is 1.